The minimum Gasteiger partial charge on any atom is -0.313 e. The van der Waals surface area contributed by atoms with Crippen LogP contribution in [0.3, 0.4) is 0 Å². The van der Waals surface area contributed by atoms with E-state index in [1.165, 1.54) is 94.3 Å². The first-order chi connectivity index (χ1) is 21.6. The molecule has 0 atom stereocenters. The fourth-order valence-corrected chi connectivity index (χ4v) is 8.56. The summed E-state index contributed by atoms with van der Waals surface area (Å²) in [5.41, 5.74) is 18.9. The van der Waals surface area contributed by atoms with E-state index in [-0.39, 0.29) is 5.41 Å². The molecule has 1 heteroatoms. The third-order valence-corrected chi connectivity index (χ3v) is 10.6. The Morgan fingerprint density at radius 2 is 1.27 bits per heavy atom. The maximum absolute atomic E-state index is 2.54. The molecule has 1 aromatic heterocycles. The predicted octanol–water partition coefficient (Wildman–Crippen LogP) is 11.4. The van der Waals surface area contributed by atoms with Gasteiger partial charge in [-0.2, -0.15) is 0 Å². The molecule has 0 saturated carbocycles. The van der Waals surface area contributed by atoms with Crippen molar-refractivity contribution < 1.29 is 0 Å². The molecule has 0 amide bonds. The molecular weight excluding hydrogens is 530 g/mol. The van der Waals surface area contributed by atoms with Gasteiger partial charge in [0.1, 0.15) is 0 Å². The van der Waals surface area contributed by atoms with Crippen molar-refractivity contribution in [2.45, 2.75) is 32.1 Å². The normalized spacial score (nSPS) is 15.0. The zero-order chi connectivity index (χ0) is 29.2. The van der Waals surface area contributed by atoms with Gasteiger partial charge in [-0.1, -0.05) is 117 Å². The first kappa shape index (κ1) is 24.3. The fraction of sp³-hybridized carbons (Fsp3) is 0.116. The van der Waals surface area contributed by atoms with E-state index in [1.807, 2.05) is 0 Å². The number of benzene rings is 6. The third-order valence-electron chi connectivity index (χ3n) is 10.6. The second-order valence-corrected chi connectivity index (χ2v) is 13.2. The van der Waals surface area contributed by atoms with Crippen molar-refractivity contribution in [1.82, 2.24) is 4.57 Å². The molecule has 0 saturated heterocycles. The second kappa shape index (κ2) is 8.49. The van der Waals surface area contributed by atoms with E-state index in [1.54, 1.807) is 0 Å². The van der Waals surface area contributed by atoms with Gasteiger partial charge in [0.05, 0.1) is 5.52 Å². The first-order valence-electron chi connectivity index (χ1n) is 15.8. The highest BCUT2D eigenvalue weighted by atomic mass is 15.0. The summed E-state index contributed by atoms with van der Waals surface area (Å²) in [6.45, 7) is 4.75. The van der Waals surface area contributed by atoms with E-state index < -0.39 is 0 Å². The monoisotopic (exact) mass is 561 g/mol. The van der Waals surface area contributed by atoms with Crippen LogP contribution >= 0.6 is 0 Å². The Hall–Kier alpha value is -5.14. The van der Waals surface area contributed by atoms with Crippen LogP contribution in [0.5, 0.6) is 0 Å². The Labute approximate surface area is 257 Å². The topological polar surface area (TPSA) is 4.93 Å². The van der Waals surface area contributed by atoms with Crippen LogP contribution in [-0.2, 0) is 11.8 Å². The van der Waals surface area contributed by atoms with E-state index in [0.29, 0.717) is 0 Å². The van der Waals surface area contributed by atoms with Crippen LogP contribution in [0, 0.1) is 0 Å². The SMILES string of the molecule is CC1(C)c2ccccc2-c2cc3c(cc21)c1c(n3-c2ccc(-c3ccc4c5c(cccc35)-c3ccccc3-4)cc2)CCC=C1. The molecule has 3 aliphatic rings. The lowest BCUT2D eigenvalue weighted by Crippen LogP contribution is -2.14. The van der Waals surface area contributed by atoms with Crippen LogP contribution in [0.1, 0.15) is 42.7 Å². The second-order valence-electron chi connectivity index (χ2n) is 13.2. The molecule has 0 radical (unpaired) electrons. The molecule has 0 unspecified atom stereocenters. The zero-order valence-corrected chi connectivity index (χ0v) is 25.0. The molecule has 6 aromatic carbocycles. The molecule has 0 N–H and O–H groups in total. The van der Waals surface area contributed by atoms with Crippen LogP contribution in [0.4, 0.5) is 0 Å². The lowest BCUT2D eigenvalue weighted by molar-refractivity contribution is 0.661. The number of hydrogen-bond donors (Lipinski definition) is 0. The molecule has 208 valence electrons. The average Bonchev–Trinajstić information content (AvgIpc) is 3.65. The highest BCUT2D eigenvalue weighted by Gasteiger charge is 2.36. The molecule has 10 rings (SSSR count). The number of hydrogen-bond acceptors (Lipinski definition) is 0. The molecule has 44 heavy (non-hydrogen) atoms. The van der Waals surface area contributed by atoms with E-state index >= 15 is 0 Å². The van der Waals surface area contributed by atoms with Gasteiger partial charge >= 0.3 is 0 Å². The van der Waals surface area contributed by atoms with Gasteiger partial charge in [0.2, 0.25) is 0 Å². The van der Waals surface area contributed by atoms with Gasteiger partial charge in [0.15, 0.2) is 0 Å². The summed E-state index contributed by atoms with van der Waals surface area (Å²) in [5.74, 6) is 0. The molecule has 3 aliphatic carbocycles. The summed E-state index contributed by atoms with van der Waals surface area (Å²) in [5, 5.41) is 4.08. The van der Waals surface area contributed by atoms with Crippen LogP contribution < -0.4 is 0 Å². The number of allylic oxidation sites excluding steroid dienone is 1. The van der Waals surface area contributed by atoms with E-state index in [9.17, 15) is 0 Å². The van der Waals surface area contributed by atoms with Crippen LogP contribution in [0.25, 0.3) is 77.9 Å². The predicted molar refractivity (Wildman–Crippen MR) is 186 cm³/mol. The summed E-state index contributed by atoms with van der Waals surface area (Å²) in [7, 11) is 0. The quantitative estimate of drug-likeness (QED) is 0.198. The summed E-state index contributed by atoms with van der Waals surface area (Å²) < 4.78 is 2.54. The van der Waals surface area contributed by atoms with Crippen molar-refractivity contribution in [2.24, 2.45) is 0 Å². The van der Waals surface area contributed by atoms with Crippen LogP contribution in [0.2, 0.25) is 0 Å². The molecule has 0 bridgehead atoms. The van der Waals surface area contributed by atoms with Crippen molar-refractivity contribution in [3.05, 3.63) is 144 Å². The molecule has 1 heterocycles. The van der Waals surface area contributed by atoms with E-state index in [4.69, 9.17) is 0 Å². The summed E-state index contributed by atoms with van der Waals surface area (Å²) >= 11 is 0. The zero-order valence-electron chi connectivity index (χ0n) is 25.0. The highest BCUT2D eigenvalue weighted by molar-refractivity contribution is 6.18. The highest BCUT2D eigenvalue weighted by Crippen LogP contribution is 2.52. The van der Waals surface area contributed by atoms with Crippen molar-refractivity contribution in [1.29, 1.82) is 0 Å². The van der Waals surface area contributed by atoms with Gasteiger partial charge in [-0.05, 0) is 104 Å². The van der Waals surface area contributed by atoms with Gasteiger partial charge < -0.3 is 4.57 Å². The van der Waals surface area contributed by atoms with Crippen LogP contribution in [-0.4, -0.2) is 4.57 Å². The van der Waals surface area contributed by atoms with Crippen molar-refractivity contribution in [2.75, 3.05) is 0 Å². The van der Waals surface area contributed by atoms with Crippen molar-refractivity contribution in [3.8, 4) is 50.2 Å². The lowest BCUT2D eigenvalue weighted by Gasteiger charge is -2.21. The maximum Gasteiger partial charge on any atom is 0.0544 e. The van der Waals surface area contributed by atoms with Gasteiger partial charge in [0, 0.05) is 27.7 Å². The molecular formula is C43H31N. The number of aromatic nitrogens is 1. The minimum atomic E-state index is -0.00383. The van der Waals surface area contributed by atoms with Gasteiger partial charge in [-0.25, -0.2) is 0 Å². The third kappa shape index (κ3) is 3.04. The van der Waals surface area contributed by atoms with Gasteiger partial charge in [-0.3, -0.25) is 0 Å². The molecule has 7 aromatic rings. The molecule has 0 aliphatic heterocycles. The molecule has 0 fully saturated rings. The summed E-state index contributed by atoms with van der Waals surface area (Å²) in [4.78, 5) is 0. The van der Waals surface area contributed by atoms with E-state index in [2.05, 4.69) is 146 Å². The average molecular weight is 562 g/mol. The number of fused-ring (bicyclic) bond motifs is 9. The lowest BCUT2D eigenvalue weighted by atomic mass is 9.82. The van der Waals surface area contributed by atoms with Crippen LogP contribution in [0.15, 0.2) is 121 Å². The minimum absolute atomic E-state index is 0.00383. The Kier molecular flexibility index (Phi) is 4.69. The fourth-order valence-electron chi connectivity index (χ4n) is 8.56. The number of nitrogens with zero attached hydrogens (tertiary/aromatic N) is 1. The Balaban J connectivity index is 1.15. The Morgan fingerprint density at radius 1 is 0.568 bits per heavy atom. The number of rotatable bonds is 2. The van der Waals surface area contributed by atoms with E-state index in [0.717, 1.165) is 12.8 Å². The molecule has 0 spiro atoms. The maximum atomic E-state index is 2.54. The van der Waals surface area contributed by atoms with Gasteiger partial charge in [0.25, 0.3) is 0 Å². The van der Waals surface area contributed by atoms with Crippen molar-refractivity contribution in [3.63, 3.8) is 0 Å². The standard InChI is InChI=1S/C43H31N/c1-43(2)38-16-7-5-12-31(38)36-25-41-37(24-39(36)43)32-13-6-8-17-40(32)44(41)27-20-18-26(19-21-27)28-22-23-35-30-11-4-3-10-29(30)34-15-9-14-33(28)42(34)35/h3-7,9-16,18-25H,8,17H2,1-2H3. The Bertz CT molecular complexity index is 2360. The van der Waals surface area contributed by atoms with Gasteiger partial charge in [-0.15, -0.1) is 0 Å². The largest absolute Gasteiger partial charge is 0.313 e. The molecule has 1 nitrogen and oxygen atoms in total. The summed E-state index contributed by atoms with van der Waals surface area (Å²) in [6.07, 6.45) is 6.84. The summed E-state index contributed by atoms with van der Waals surface area (Å²) in [6, 6.07) is 43.5. The smallest absolute Gasteiger partial charge is 0.0544 e. The van der Waals surface area contributed by atoms with Crippen molar-refractivity contribution >= 4 is 27.8 Å². The first-order valence-corrected chi connectivity index (χ1v) is 15.8. The Morgan fingerprint density at radius 3 is 2.09 bits per heavy atom.